The van der Waals surface area contributed by atoms with Crippen LogP contribution in [0.15, 0.2) is 24.9 Å². The fourth-order valence-electron chi connectivity index (χ4n) is 0.385. The normalized spacial score (nSPS) is 8.67. The van der Waals surface area contributed by atoms with Crippen LogP contribution in [0.1, 0.15) is 27.2 Å². The summed E-state index contributed by atoms with van der Waals surface area (Å²) in [6, 6.07) is 0. The minimum atomic E-state index is -0.166. The Balaban J connectivity index is 0. The standard InChI is InChI=1S/C7H11NOS.C2H6/c1-3-5-6-7(9)8(10)4-2;1-2/h4-6,10H,2-3H2,1H3;1-2H3/b6-5-;. The molecule has 0 radical (unpaired) electrons. The Kier molecular flexibility index (Phi) is 11.9. The first-order chi connectivity index (χ1) is 5.72. The summed E-state index contributed by atoms with van der Waals surface area (Å²) in [5.41, 5.74) is 0. The molecule has 0 saturated heterocycles. The number of carbonyl (C=O) groups is 1. The van der Waals surface area contributed by atoms with Crippen LogP contribution >= 0.6 is 12.8 Å². The van der Waals surface area contributed by atoms with E-state index in [1.807, 2.05) is 20.8 Å². The molecule has 2 nitrogen and oxygen atoms in total. The van der Waals surface area contributed by atoms with E-state index in [0.29, 0.717) is 0 Å². The molecule has 0 atom stereocenters. The summed E-state index contributed by atoms with van der Waals surface area (Å²) in [5.74, 6) is -0.166. The summed E-state index contributed by atoms with van der Waals surface area (Å²) in [4.78, 5) is 10.8. The van der Waals surface area contributed by atoms with Crippen molar-refractivity contribution in [3.8, 4) is 0 Å². The van der Waals surface area contributed by atoms with E-state index in [-0.39, 0.29) is 5.91 Å². The molecular weight excluding hydrogens is 170 g/mol. The number of carbonyl (C=O) groups excluding carboxylic acids is 1. The Morgan fingerprint density at radius 2 is 2.08 bits per heavy atom. The molecule has 0 unspecified atom stereocenters. The van der Waals surface area contributed by atoms with Crippen LogP contribution in [-0.4, -0.2) is 10.2 Å². The third kappa shape index (κ3) is 7.41. The zero-order chi connectivity index (χ0) is 9.98. The van der Waals surface area contributed by atoms with Crippen molar-refractivity contribution in [3.05, 3.63) is 24.9 Å². The number of hydrogen-bond donors (Lipinski definition) is 1. The molecule has 0 aromatic carbocycles. The minimum absolute atomic E-state index is 0.166. The Hall–Kier alpha value is -0.700. The monoisotopic (exact) mass is 187 g/mol. The van der Waals surface area contributed by atoms with Gasteiger partial charge in [0.15, 0.2) is 0 Å². The first-order valence-corrected chi connectivity index (χ1v) is 4.43. The molecule has 70 valence electrons. The molecule has 0 N–H and O–H groups in total. The second-order valence-corrected chi connectivity index (χ2v) is 2.11. The second-order valence-electron chi connectivity index (χ2n) is 1.68. The highest BCUT2D eigenvalue weighted by Crippen LogP contribution is 1.95. The maximum atomic E-state index is 10.8. The SMILES string of the molecule is C=CN(S)C(=O)/C=C\CC.CC. The number of amides is 1. The fourth-order valence-corrected chi connectivity index (χ4v) is 0.452. The lowest BCUT2D eigenvalue weighted by Gasteiger charge is -2.04. The van der Waals surface area contributed by atoms with Crippen LogP contribution in [0.4, 0.5) is 0 Å². The first-order valence-electron chi connectivity index (χ1n) is 4.03. The average Bonchev–Trinajstić information content (AvgIpc) is 2.16. The maximum Gasteiger partial charge on any atom is 0.259 e. The summed E-state index contributed by atoms with van der Waals surface area (Å²) >= 11 is 3.81. The highest BCUT2D eigenvalue weighted by Gasteiger charge is 1.97. The van der Waals surface area contributed by atoms with Crippen LogP contribution in [0.5, 0.6) is 0 Å². The van der Waals surface area contributed by atoms with Gasteiger partial charge in [-0.15, -0.1) is 0 Å². The van der Waals surface area contributed by atoms with Gasteiger partial charge in [0.2, 0.25) is 0 Å². The Labute approximate surface area is 80.5 Å². The van der Waals surface area contributed by atoms with Gasteiger partial charge in [-0.25, -0.2) is 0 Å². The van der Waals surface area contributed by atoms with Crippen LogP contribution in [0.25, 0.3) is 0 Å². The van der Waals surface area contributed by atoms with E-state index in [9.17, 15) is 4.79 Å². The zero-order valence-corrected chi connectivity index (χ0v) is 8.84. The van der Waals surface area contributed by atoms with Crippen molar-refractivity contribution in [2.45, 2.75) is 27.2 Å². The van der Waals surface area contributed by atoms with Crippen LogP contribution in [0.2, 0.25) is 0 Å². The minimum Gasteiger partial charge on any atom is -0.268 e. The summed E-state index contributed by atoms with van der Waals surface area (Å²) < 4.78 is 1.13. The molecule has 1 amide bonds. The quantitative estimate of drug-likeness (QED) is 0.532. The van der Waals surface area contributed by atoms with E-state index in [1.54, 1.807) is 6.08 Å². The van der Waals surface area contributed by atoms with Crippen molar-refractivity contribution in [2.75, 3.05) is 0 Å². The van der Waals surface area contributed by atoms with Gasteiger partial charge in [0.25, 0.3) is 5.91 Å². The van der Waals surface area contributed by atoms with E-state index in [1.165, 1.54) is 12.3 Å². The Bertz CT molecular complexity index is 155. The van der Waals surface area contributed by atoms with Crippen LogP contribution in [0.3, 0.4) is 0 Å². The van der Waals surface area contributed by atoms with E-state index in [2.05, 4.69) is 19.4 Å². The molecule has 0 heterocycles. The van der Waals surface area contributed by atoms with E-state index in [4.69, 9.17) is 0 Å². The molecule has 0 aromatic rings. The molecule has 3 heteroatoms. The first kappa shape index (κ1) is 13.9. The molecule has 0 bridgehead atoms. The van der Waals surface area contributed by atoms with Crippen LogP contribution in [0, 0.1) is 0 Å². The summed E-state index contributed by atoms with van der Waals surface area (Å²) in [6.07, 6.45) is 5.44. The summed E-state index contributed by atoms with van der Waals surface area (Å²) in [6.45, 7) is 9.34. The number of rotatable bonds is 3. The largest absolute Gasteiger partial charge is 0.268 e. The van der Waals surface area contributed by atoms with Gasteiger partial charge in [-0.05, 0) is 6.42 Å². The van der Waals surface area contributed by atoms with Gasteiger partial charge in [-0.1, -0.05) is 46.2 Å². The molecule has 0 rings (SSSR count). The molecule has 0 aliphatic carbocycles. The van der Waals surface area contributed by atoms with E-state index >= 15 is 0 Å². The predicted octanol–water partition coefficient (Wildman–Crippen LogP) is 2.80. The third-order valence-corrected chi connectivity index (χ3v) is 1.26. The number of hydrogen-bond acceptors (Lipinski definition) is 2. The van der Waals surface area contributed by atoms with Crippen LogP contribution in [-0.2, 0) is 4.79 Å². The zero-order valence-electron chi connectivity index (χ0n) is 7.95. The van der Waals surface area contributed by atoms with E-state index < -0.39 is 0 Å². The summed E-state index contributed by atoms with van der Waals surface area (Å²) in [5, 5.41) is 0. The Morgan fingerprint density at radius 1 is 1.58 bits per heavy atom. The fraction of sp³-hybridized carbons (Fsp3) is 0.444. The highest BCUT2D eigenvalue weighted by atomic mass is 32.1. The van der Waals surface area contributed by atoms with Gasteiger partial charge in [-0.2, -0.15) is 0 Å². The highest BCUT2D eigenvalue weighted by molar-refractivity contribution is 7.78. The van der Waals surface area contributed by atoms with Crippen molar-refractivity contribution in [3.63, 3.8) is 0 Å². The lowest BCUT2D eigenvalue weighted by atomic mass is 10.4. The van der Waals surface area contributed by atoms with Gasteiger partial charge < -0.3 is 0 Å². The van der Waals surface area contributed by atoms with Crippen LogP contribution < -0.4 is 0 Å². The van der Waals surface area contributed by atoms with Crippen molar-refractivity contribution < 1.29 is 4.79 Å². The van der Waals surface area contributed by atoms with Crippen molar-refractivity contribution in [1.82, 2.24) is 4.31 Å². The molecule has 0 aromatic heterocycles. The Morgan fingerprint density at radius 3 is 2.42 bits per heavy atom. The molecule has 0 aliphatic heterocycles. The van der Waals surface area contributed by atoms with Gasteiger partial charge in [0.1, 0.15) is 0 Å². The van der Waals surface area contributed by atoms with Crippen molar-refractivity contribution in [2.24, 2.45) is 0 Å². The molecule has 0 aliphatic rings. The summed E-state index contributed by atoms with van der Waals surface area (Å²) in [7, 11) is 0. The van der Waals surface area contributed by atoms with Gasteiger partial charge in [-0.3, -0.25) is 9.10 Å². The number of allylic oxidation sites excluding steroid dienone is 1. The van der Waals surface area contributed by atoms with Crippen molar-refractivity contribution >= 4 is 18.7 Å². The van der Waals surface area contributed by atoms with Crippen molar-refractivity contribution in [1.29, 1.82) is 0 Å². The average molecular weight is 187 g/mol. The topological polar surface area (TPSA) is 20.3 Å². The lowest BCUT2D eigenvalue weighted by molar-refractivity contribution is -0.119. The van der Waals surface area contributed by atoms with Gasteiger partial charge >= 0.3 is 0 Å². The molecular formula is C9H17NOS. The second kappa shape index (κ2) is 10.3. The number of nitrogens with zero attached hydrogens (tertiary/aromatic N) is 1. The van der Waals surface area contributed by atoms with E-state index in [0.717, 1.165) is 10.7 Å². The molecule has 0 fully saturated rings. The number of thiol groups is 1. The lowest BCUT2D eigenvalue weighted by Crippen LogP contribution is -2.11. The molecule has 0 saturated carbocycles. The van der Waals surface area contributed by atoms with Gasteiger partial charge in [0.05, 0.1) is 0 Å². The smallest absolute Gasteiger partial charge is 0.259 e. The van der Waals surface area contributed by atoms with Gasteiger partial charge in [0, 0.05) is 12.3 Å². The predicted molar refractivity (Wildman–Crippen MR) is 56.8 cm³/mol. The molecule has 12 heavy (non-hydrogen) atoms. The molecule has 0 spiro atoms. The third-order valence-electron chi connectivity index (χ3n) is 0.895. The maximum absolute atomic E-state index is 10.8.